The van der Waals surface area contributed by atoms with E-state index in [1.807, 2.05) is 41.9 Å². The zero-order valence-corrected chi connectivity index (χ0v) is 26.9. The fourth-order valence-electron chi connectivity index (χ4n) is 4.86. The van der Waals surface area contributed by atoms with Gasteiger partial charge in [-0.3, -0.25) is 14.5 Å². The van der Waals surface area contributed by atoms with Gasteiger partial charge in [0.15, 0.2) is 0 Å². The minimum Gasteiger partial charge on any atom is -0.478 e. The fraction of sp³-hybridized carbons (Fsp3) is 0.343. The number of aryl methyl sites for hydroxylation is 1. The number of amidine groups is 1. The summed E-state index contributed by atoms with van der Waals surface area (Å²) in [5, 5.41) is 3.40. The molecule has 242 valence electrons. The first-order valence-corrected chi connectivity index (χ1v) is 15.6. The summed E-state index contributed by atoms with van der Waals surface area (Å²) >= 11 is 0. The summed E-state index contributed by atoms with van der Waals surface area (Å²) in [6.45, 7) is 9.24. The molecule has 1 amide bonds. The molecule has 0 fully saturated rings. The molecule has 0 saturated heterocycles. The highest BCUT2D eigenvalue weighted by atomic mass is 16.5. The Kier molecular flexibility index (Phi) is 12.3. The summed E-state index contributed by atoms with van der Waals surface area (Å²) in [5.74, 6) is 1.25. The molecule has 0 aliphatic carbocycles. The van der Waals surface area contributed by atoms with Crippen molar-refractivity contribution in [2.24, 2.45) is 17.8 Å². The molecule has 11 nitrogen and oxygen atoms in total. The normalized spacial score (nSPS) is 11.3. The number of rotatable bonds is 17. The van der Waals surface area contributed by atoms with Gasteiger partial charge in [0.2, 0.25) is 5.88 Å². The van der Waals surface area contributed by atoms with Gasteiger partial charge in [0.1, 0.15) is 17.5 Å². The van der Waals surface area contributed by atoms with E-state index in [0.29, 0.717) is 41.8 Å². The monoisotopic (exact) mass is 625 g/mol. The van der Waals surface area contributed by atoms with Crippen LogP contribution in [0.15, 0.2) is 84.3 Å². The van der Waals surface area contributed by atoms with E-state index in [2.05, 4.69) is 28.8 Å². The number of aromatic nitrogens is 3. The minimum atomic E-state index is -0.371. The molecule has 2 aromatic heterocycles. The molecule has 0 aliphatic heterocycles. The number of anilines is 2. The molecular weight excluding hydrogens is 582 g/mol. The van der Waals surface area contributed by atoms with Gasteiger partial charge in [0.25, 0.3) is 5.91 Å². The van der Waals surface area contributed by atoms with Gasteiger partial charge in [0, 0.05) is 36.6 Å². The summed E-state index contributed by atoms with van der Waals surface area (Å²) in [6.07, 6.45) is 6.12. The Labute approximate surface area is 270 Å². The maximum Gasteiger partial charge on any atom is 0.307 e. The molecule has 0 bridgehead atoms. The molecule has 0 aliphatic rings. The molecule has 11 heteroatoms. The van der Waals surface area contributed by atoms with Crippen LogP contribution in [0.4, 0.5) is 11.5 Å². The maximum atomic E-state index is 13.6. The molecule has 4 rings (SSSR count). The van der Waals surface area contributed by atoms with Gasteiger partial charge in [-0.05, 0) is 74.5 Å². The van der Waals surface area contributed by atoms with Crippen LogP contribution >= 0.6 is 0 Å². The largest absolute Gasteiger partial charge is 0.478 e. The van der Waals surface area contributed by atoms with Crippen molar-refractivity contribution in [1.82, 2.24) is 14.5 Å². The first-order valence-electron chi connectivity index (χ1n) is 15.6. The van der Waals surface area contributed by atoms with Crippen molar-refractivity contribution < 1.29 is 19.1 Å². The highest BCUT2D eigenvalue weighted by molar-refractivity contribution is 6.07. The van der Waals surface area contributed by atoms with Crippen LogP contribution in [0, 0.1) is 0 Å². The molecule has 0 radical (unpaired) electrons. The number of aliphatic imine (C=N–C) groups is 1. The molecular formula is C35H43N7O4. The Balaban J connectivity index is 1.41. The van der Waals surface area contributed by atoms with Gasteiger partial charge in [-0.25, -0.2) is 9.97 Å². The van der Waals surface area contributed by atoms with Crippen molar-refractivity contribution in [3.63, 3.8) is 0 Å². The molecule has 46 heavy (non-hydrogen) atoms. The van der Waals surface area contributed by atoms with E-state index in [1.54, 1.807) is 43.5 Å². The number of hydrogen-bond donors (Lipinski definition) is 2. The first-order chi connectivity index (χ1) is 22.3. The second-order valence-corrected chi connectivity index (χ2v) is 10.7. The highest BCUT2D eigenvalue weighted by Crippen LogP contribution is 2.21. The van der Waals surface area contributed by atoms with Crippen molar-refractivity contribution in [3.8, 4) is 0 Å². The lowest BCUT2D eigenvalue weighted by Gasteiger charge is -2.21. The van der Waals surface area contributed by atoms with Crippen LogP contribution < -0.4 is 16.0 Å². The summed E-state index contributed by atoms with van der Waals surface area (Å²) < 4.78 is 12.6. The smallest absolute Gasteiger partial charge is 0.307 e. The molecule has 4 aromatic rings. The number of imidazole rings is 1. The number of fused-ring (bicyclic) bond motifs is 1. The van der Waals surface area contributed by atoms with Crippen LogP contribution in [0.1, 0.15) is 67.7 Å². The van der Waals surface area contributed by atoms with E-state index < -0.39 is 0 Å². The number of hydrogen-bond acceptors (Lipinski definition) is 8. The number of nitrogens with two attached hydrogens (primary N) is 1. The van der Waals surface area contributed by atoms with Crippen molar-refractivity contribution >= 4 is 40.3 Å². The van der Waals surface area contributed by atoms with Crippen LogP contribution in [0.5, 0.6) is 0 Å². The van der Waals surface area contributed by atoms with E-state index in [1.165, 1.54) is 17.7 Å². The Hall–Kier alpha value is -5.19. The predicted molar refractivity (Wildman–Crippen MR) is 182 cm³/mol. The number of benzene rings is 2. The molecule has 0 unspecified atom stereocenters. The van der Waals surface area contributed by atoms with Crippen LogP contribution in [-0.2, 0) is 27.9 Å². The van der Waals surface area contributed by atoms with Gasteiger partial charge >= 0.3 is 5.97 Å². The number of esters is 1. The van der Waals surface area contributed by atoms with E-state index in [9.17, 15) is 9.59 Å². The standard InChI is InChI=1S/C35H43N7O4/c1-5-7-8-11-22-46-25(3)39-34(36)26-13-16-28(17-14-26)38-24-32-40-29-23-27(15-18-30(29)41(32)4)35(44)42(21-19-33(43)45-6-2)31-12-9-10-20-37-31/h9-10,12-18,20,23,38H,3,5-8,11,19,21-22,24H2,1-2,4H3,(H2,36,39). The summed E-state index contributed by atoms with van der Waals surface area (Å²) in [5.41, 5.74) is 9.84. The lowest BCUT2D eigenvalue weighted by Crippen LogP contribution is -2.34. The van der Waals surface area contributed by atoms with Crippen LogP contribution in [0.25, 0.3) is 11.0 Å². The number of pyridine rings is 1. The van der Waals surface area contributed by atoms with Gasteiger partial charge < -0.3 is 25.1 Å². The number of nitrogens with zero attached hydrogens (tertiary/aromatic N) is 5. The van der Waals surface area contributed by atoms with Gasteiger partial charge in [0.05, 0.1) is 37.2 Å². The van der Waals surface area contributed by atoms with Crippen molar-refractivity contribution in [2.75, 3.05) is 30.0 Å². The lowest BCUT2D eigenvalue weighted by molar-refractivity contribution is -0.142. The topological polar surface area (TPSA) is 137 Å². The van der Waals surface area contributed by atoms with Crippen LogP contribution in [-0.4, -0.2) is 52.0 Å². The van der Waals surface area contributed by atoms with Gasteiger partial charge in [-0.2, -0.15) is 4.99 Å². The van der Waals surface area contributed by atoms with Crippen LogP contribution in [0.3, 0.4) is 0 Å². The van der Waals surface area contributed by atoms with E-state index >= 15 is 0 Å². The Bertz CT molecular complexity index is 1650. The van der Waals surface area contributed by atoms with E-state index in [0.717, 1.165) is 35.4 Å². The predicted octanol–water partition coefficient (Wildman–Crippen LogP) is 5.95. The Morgan fingerprint density at radius 3 is 2.52 bits per heavy atom. The number of carbonyl (C=O) groups is 2. The van der Waals surface area contributed by atoms with Crippen molar-refractivity contribution in [3.05, 3.63) is 96.3 Å². The van der Waals surface area contributed by atoms with Gasteiger partial charge in [-0.15, -0.1) is 0 Å². The number of amides is 1. The third-order valence-corrected chi connectivity index (χ3v) is 7.38. The maximum absolute atomic E-state index is 13.6. The lowest BCUT2D eigenvalue weighted by atomic mass is 10.1. The number of carbonyl (C=O) groups excluding carboxylic acids is 2. The molecule has 0 atom stereocenters. The van der Waals surface area contributed by atoms with Gasteiger partial charge in [-0.1, -0.05) is 32.3 Å². The minimum absolute atomic E-state index is 0.0566. The first kappa shape index (κ1) is 33.7. The third-order valence-electron chi connectivity index (χ3n) is 7.38. The second-order valence-electron chi connectivity index (χ2n) is 10.7. The zero-order valence-electron chi connectivity index (χ0n) is 26.9. The summed E-state index contributed by atoms with van der Waals surface area (Å²) in [6, 6.07) is 18.3. The molecule has 0 saturated carbocycles. The third kappa shape index (κ3) is 9.16. The average molecular weight is 626 g/mol. The molecule has 3 N–H and O–H groups in total. The number of unbranched alkanes of at least 4 members (excludes halogenated alkanes) is 3. The quantitative estimate of drug-likeness (QED) is 0.0483. The summed E-state index contributed by atoms with van der Waals surface area (Å²) in [4.78, 5) is 40.6. The van der Waals surface area contributed by atoms with E-state index in [-0.39, 0.29) is 31.4 Å². The van der Waals surface area contributed by atoms with Crippen molar-refractivity contribution in [2.45, 2.75) is 52.5 Å². The molecule has 2 heterocycles. The summed E-state index contributed by atoms with van der Waals surface area (Å²) in [7, 11) is 1.94. The molecule has 0 spiro atoms. The Morgan fingerprint density at radius 1 is 1.02 bits per heavy atom. The number of ether oxygens (including phenoxy) is 2. The fourth-order valence-corrected chi connectivity index (χ4v) is 4.86. The van der Waals surface area contributed by atoms with Crippen molar-refractivity contribution in [1.29, 1.82) is 0 Å². The zero-order chi connectivity index (χ0) is 32.9. The highest BCUT2D eigenvalue weighted by Gasteiger charge is 2.21. The molecule has 2 aromatic carbocycles. The van der Waals surface area contributed by atoms with E-state index in [4.69, 9.17) is 20.2 Å². The Morgan fingerprint density at radius 2 is 1.80 bits per heavy atom. The number of nitrogens with one attached hydrogen (secondary N) is 1. The second kappa shape index (κ2) is 16.8. The van der Waals surface area contributed by atoms with Crippen LogP contribution in [0.2, 0.25) is 0 Å². The SMILES string of the molecule is C=C(N=C(N)c1ccc(NCc2nc3cc(C(=O)N(CCC(=O)OCC)c4ccccn4)ccc3n2C)cc1)OCCCCCC. The average Bonchev–Trinajstić information content (AvgIpc) is 3.38.